The second-order valence-electron chi connectivity index (χ2n) is 9.33. The van der Waals surface area contributed by atoms with Crippen molar-refractivity contribution < 1.29 is 31.9 Å². The van der Waals surface area contributed by atoms with Gasteiger partial charge in [-0.1, -0.05) is 26.0 Å². The highest BCUT2D eigenvalue weighted by Crippen LogP contribution is 2.46. The van der Waals surface area contributed by atoms with Gasteiger partial charge in [-0.05, 0) is 63.6 Å². The lowest BCUT2D eigenvalue weighted by Gasteiger charge is -2.36. The number of amides is 2. The average molecular weight is 475 g/mol. The van der Waals surface area contributed by atoms with Crippen LogP contribution in [0.3, 0.4) is 0 Å². The molecular weight excluding hydrogens is 440 g/mol. The SMILES string of the molecule is CC.CC(C)(C)OC(=O)N1CCC(CN(C(=O)C(F)(F)F)C2CC2c2ccc(F)cc2)CC1. The van der Waals surface area contributed by atoms with E-state index in [1.54, 1.807) is 37.8 Å². The van der Waals surface area contributed by atoms with Crippen LogP contribution in [0.5, 0.6) is 0 Å². The van der Waals surface area contributed by atoms with E-state index in [2.05, 4.69) is 0 Å². The maximum Gasteiger partial charge on any atom is 0.471 e. The Morgan fingerprint density at radius 2 is 1.61 bits per heavy atom. The summed E-state index contributed by atoms with van der Waals surface area (Å²) < 4.78 is 58.2. The zero-order valence-corrected chi connectivity index (χ0v) is 19.9. The van der Waals surface area contributed by atoms with Crippen molar-refractivity contribution in [3.05, 3.63) is 35.6 Å². The lowest BCUT2D eigenvalue weighted by Crippen LogP contribution is -2.48. The number of ether oxygens (including phenoxy) is 1. The Kier molecular flexibility index (Phi) is 8.76. The van der Waals surface area contributed by atoms with Crippen LogP contribution in [0.4, 0.5) is 22.4 Å². The summed E-state index contributed by atoms with van der Waals surface area (Å²) in [6.45, 7) is 10.0. The van der Waals surface area contributed by atoms with E-state index in [4.69, 9.17) is 4.74 Å². The highest BCUT2D eigenvalue weighted by molar-refractivity contribution is 5.82. The van der Waals surface area contributed by atoms with Gasteiger partial charge in [-0.2, -0.15) is 13.2 Å². The normalized spacial score (nSPS) is 21.1. The van der Waals surface area contributed by atoms with Crippen LogP contribution in [0, 0.1) is 11.7 Å². The first kappa shape index (κ1) is 26.9. The molecule has 2 atom stereocenters. The van der Waals surface area contributed by atoms with Gasteiger partial charge < -0.3 is 14.5 Å². The molecule has 1 saturated heterocycles. The van der Waals surface area contributed by atoms with Crippen molar-refractivity contribution in [1.29, 1.82) is 0 Å². The minimum Gasteiger partial charge on any atom is -0.444 e. The van der Waals surface area contributed by atoms with Gasteiger partial charge in [-0.15, -0.1) is 0 Å². The van der Waals surface area contributed by atoms with Gasteiger partial charge in [0.05, 0.1) is 0 Å². The van der Waals surface area contributed by atoms with Crippen LogP contribution in [0.25, 0.3) is 0 Å². The highest BCUT2D eigenvalue weighted by Gasteiger charge is 2.52. The lowest BCUT2D eigenvalue weighted by atomic mass is 9.96. The predicted molar refractivity (Wildman–Crippen MR) is 117 cm³/mol. The van der Waals surface area contributed by atoms with E-state index in [1.807, 2.05) is 13.8 Å². The Hall–Kier alpha value is -2.32. The maximum atomic E-state index is 13.2. The minimum absolute atomic E-state index is 0.0110. The van der Waals surface area contributed by atoms with Gasteiger partial charge in [0, 0.05) is 31.6 Å². The fraction of sp³-hybridized carbons (Fsp3) is 0.667. The lowest BCUT2D eigenvalue weighted by molar-refractivity contribution is -0.187. The molecule has 1 aliphatic heterocycles. The van der Waals surface area contributed by atoms with E-state index in [0.29, 0.717) is 32.4 Å². The van der Waals surface area contributed by atoms with E-state index in [9.17, 15) is 27.2 Å². The number of rotatable bonds is 4. The molecule has 2 amide bonds. The zero-order valence-electron chi connectivity index (χ0n) is 19.9. The van der Waals surface area contributed by atoms with E-state index in [0.717, 1.165) is 10.5 Å². The third kappa shape index (κ3) is 7.61. The number of likely N-dealkylation sites (tertiary alicyclic amines) is 1. The number of piperidine rings is 1. The summed E-state index contributed by atoms with van der Waals surface area (Å²) in [6.07, 6.45) is -3.98. The molecule has 1 saturated carbocycles. The summed E-state index contributed by atoms with van der Waals surface area (Å²) in [7, 11) is 0. The molecule has 9 heteroatoms. The van der Waals surface area contributed by atoms with Crippen molar-refractivity contribution >= 4 is 12.0 Å². The van der Waals surface area contributed by atoms with Crippen LogP contribution in [-0.2, 0) is 9.53 Å². The number of halogens is 4. The van der Waals surface area contributed by atoms with Crippen LogP contribution in [0.2, 0.25) is 0 Å². The van der Waals surface area contributed by atoms with Crippen molar-refractivity contribution in [3.8, 4) is 0 Å². The topological polar surface area (TPSA) is 49.9 Å². The van der Waals surface area contributed by atoms with Gasteiger partial charge in [0.25, 0.3) is 0 Å². The van der Waals surface area contributed by atoms with Crippen LogP contribution in [0.15, 0.2) is 24.3 Å². The van der Waals surface area contributed by atoms with Gasteiger partial charge in [0.2, 0.25) is 0 Å². The highest BCUT2D eigenvalue weighted by atomic mass is 19.4. The summed E-state index contributed by atoms with van der Waals surface area (Å²) in [4.78, 5) is 26.8. The van der Waals surface area contributed by atoms with E-state index >= 15 is 0 Å². The fourth-order valence-corrected chi connectivity index (χ4v) is 4.03. The second-order valence-corrected chi connectivity index (χ2v) is 9.33. The van der Waals surface area contributed by atoms with Crippen molar-refractivity contribution in [2.45, 2.75) is 77.6 Å². The monoisotopic (exact) mass is 474 g/mol. The quantitative estimate of drug-likeness (QED) is 0.523. The molecule has 0 bridgehead atoms. The number of carbonyl (C=O) groups is 2. The third-order valence-electron chi connectivity index (χ3n) is 5.68. The first-order valence-corrected chi connectivity index (χ1v) is 11.5. The number of alkyl halides is 3. The summed E-state index contributed by atoms with van der Waals surface area (Å²) in [6, 6.07) is 5.09. The molecule has 186 valence electrons. The molecule has 1 aromatic rings. The molecule has 0 aromatic heterocycles. The van der Waals surface area contributed by atoms with Crippen molar-refractivity contribution in [2.24, 2.45) is 5.92 Å². The molecule has 1 heterocycles. The van der Waals surface area contributed by atoms with Crippen molar-refractivity contribution in [1.82, 2.24) is 9.80 Å². The molecule has 2 aliphatic rings. The number of carbonyl (C=O) groups excluding carboxylic acids is 2. The molecule has 33 heavy (non-hydrogen) atoms. The smallest absolute Gasteiger partial charge is 0.444 e. The molecule has 3 rings (SSSR count). The molecule has 2 fully saturated rings. The molecule has 1 aromatic carbocycles. The number of hydrogen-bond donors (Lipinski definition) is 0. The molecule has 0 N–H and O–H groups in total. The van der Waals surface area contributed by atoms with Crippen LogP contribution >= 0.6 is 0 Å². The van der Waals surface area contributed by atoms with Gasteiger partial charge in [-0.3, -0.25) is 4.79 Å². The van der Waals surface area contributed by atoms with Gasteiger partial charge in [0.15, 0.2) is 0 Å². The molecule has 0 radical (unpaired) electrons. The van der Waals surface area contributed by atoms with E-state index in [1.165, 1.54) is 12.1 Å². The minimum atomic E-state index is -4.95. The number of benzene rings is 1. The summed E-state index contributed by atoms with van der Waals surface area (Å²) >= 11 is 0. The summed E-state index contributed by atoms with van der Waals surface area (Å²) in [5.41, 5.74) is 0.108. The molecular formula is C24H34F4N2O3. The van der Waals surface area contributed by atoms with Crippen LogP contribution in [0.1, 0.15) is 65.4 Å². The Labute approximate surface area is 193 Å². The summed E-state index contributed by atoms with van der Waals surface area (Å²) in [5.74, 6) is -2.62. The molecule has 1 aliphatic carbocycles. The van der Waals surface area contributed by atoms with E-state index < -0.39 is 35.6 Å². The van der Waals surface area contributed by atoms with Crippen molar-refractivity contribution in [3.63, 3.8) is 0 Å². The average Bonchev–Trinajstić information content (AvgIpc) is 3.52. The Morgan fingerprint density at radius 1 is 1.06 bits per heavy atom. The number of hydrogen-bond acceptors (Lipinski definition) is 3. The van der Waals surface area contributed by atoms with Gasteiger partial charge >= 0.3 is 18.2 Å². The van der Waals surface area contributed by atoms with Crippen LogP contribution in [-0.4, -0.2) is 59.3 Å². The standard InChI is InChI=1S/C22H28F4N2O3.C2H6/c1-21(2,3)31-20(30)27-10-8-14(9-11-27)13-28(19(29)22(24,25)26)18-12-17(18)15-4-6-16(23)7-5-15;1-2/h4-7,14,17-18H,8-13H2,1-3H3;1-2H3. The molecule has 5 nitrogen and oxygen atoms in total. The van der Waals surface area contributed by atoms with Gasteiger partial charge in [0.1, 0.15) is 11.4 Å². The zero-order chi connectivity index (χ0) is 25.0. The molecule has 0 spiro atoms. The Bertz CT molecular complexity index is 797. The summed E-state index contributed by atoms with van der Waals surface area (Å²) in [5, 5.41) is 0. The largest absolute Gasteiger partial charge is 0.471 e. The van der Waals surface area contributed by atoms with Gasteiger partial charge in [-0.25, -0.2) is 9.18 Å². The second kappa shape index (κ2) is 10.7. The third-order valence-corrected chi connectivity index (χ3v) is 5.68. The van der Waals surface area contributed by atoms with Crippen molar-refractivity contribution in [2.75, 3.05) is 19.6 Å². The Balaban J connectivity index is 0.00000187. The maximum absolute atomic E-state index is 13.2. The van der Waals surface area contributed by atoms with Crippen LogP contribution < -0.4 is 0 Å². The van der Waals surface area contributed by atoms with E-state index in [-0.39, 0.29) is 18.4 Å². The Morgan fingerprint density at radius 3 is 2.09 bits per heavy atom. The fourth-order valence-electron chi connectivity index (χ4n) is 4.03. The first-order valence-electron chi connectivity index (χ1n) is 11.5. The number of nitrogens with zero attached hydrogens (tertiary/aromatic N) is 2. The predicted octanol–water partition coefficient (Wildman–Crippen LogP) is 5.75. The molecule has 2 unspecified atom stereocenters. The first-order chi connectivity index (χ1) is 15.3.